The van der Waals surface area contributed by atoms with Crippen LogP contribution in [0.5, 0.6) is 0 Å². The molecule has 1 aromatic carbocycles. The topological polar surface area (TPSA) is 0 Å². The van der Waals surface area contributed by atoms with Gasteiger partial charge in [-0.2, -0.15) is 0 Å². The Kier molecular flexibility index (Phi) is 4.35. The van der Waals surface area contributed by atoms with Crippen molar-refractivity contribution in [3.05, 3.63) is 41.5 Å². The quantitative estimate of drug-likeness (QED) is 0.569. The summed E-state index contributed by atoms with van der Waals surface area (Å²) in [6, 6.07) is 10.8. The standard InChI is InChI=1S/C23H32/c1-18(15-19-7-3-2-4-8-19)22-17-21(22)16-20-9-13-23(14-10-20)11-5-6-12-23/h2-4,7-8,15,20-22H,5-6,9-14,16-17H2,1H3/b18-15+. The lowest BCUT2D eigenvalue weighted by atomic mass is 9.68. The average molecular weight is 309 g/mol. The van der Waals surface area contributed by atoms with Gasteiger partial charge in [0.2, 0.25) is 0 Å². The van der Waals surface area contributed by atoms with E-state index in [0.29, 0.717) is 0 Å². The lowest BCUT2D eigenvalue weighted by Gasteiger charge is -2.37. The van der Waals surface area contributed by atoms with Crippen molar-refractivity contribution in [1.29, 1.82) is 0 Å². The van der Waals surface area contributed by atoms with E-state index in [1.807, 2.05) is 0 Å². The van der Waals surface area contributed by atoms with Gasteiger partial charge in [-0.3, -0.25) is 0 Å². The first-order valence-corrected chi connectivity index (χ1v) is 9.97. The van der Waals surface area contributed by atoms with Gasteiger partial charge in [-0.25, -0.2) is 0 Å². The van der Waals surface area contributed by atoms with E-state index in [9.17, 15) is 0 Å². The fraction of sp³-hybridized carbons (Fsp3) is 0.652. The lowest BCUT2D eigenvalue weighted by Crippen LogP contribution is -2.24. The first-order chi connectivity index (χ1) is 11.2. The van der Waals surface area contributed by atoms with Gasteiger partial charge in [-0.15, -0.1) is 0 Å². The number of allylic oxidation sites excluding steroid dienone is 1. The summed E-state index contributed by atoms with van der Waals surface area (Å²) in [4.78, 5) is 0. The zero-order valence-electron chi connectivity index (χ0n) is 14.8. The third-order valence-corrected chi connectivity index (χ3v) is 7.17. The summed E-state index contributed by atoms with van der Waals surface area (Å²) >= 11 is 0. The Morgan fingerprint density at radius 1 is 1.04 bits per heavy atom. The van der Waals surface area contributed by atoms with Crippen LogP contribution in [0, 0.1) is 23.2 Å². The highest BCUT2D eigenvalue weighted by atomic mass is 14.5. The van der Waals surface area contributed by atoms with E-state index in [-0.39, 0.29) is 0 Å². The molecule has 0 bridgehead atoms. The molecular formula is C23H32. The Balaban J connectivity index is 1.27. The van der Waals surface area contributed by atoms with Crippen molar-refractivity contribution in [2.45, 2.75) is 71.1 Å². The van der Waals surface area contributed by atoms with E-state index in [1.165, 1.54) is 44.1 Å². The zero-order chi connectivity index (χ0) is 15.7. The van der Waals surface area contributed by atoms with Crippen LogP contribution in [-0.4, -0.2) is 0 Å². The molecule has 0 N–H and O–H groups in total. The molecule has 124 valence electrons. The van der Waals surface area contributed by atoms with Crippen molar-refractivity contribution in [1.82, 2.24) is 0 Å². The molecule has 3 aliphatic carbocycles. The van der Waals surface area contributed by atoms with Crippen molar-refractivity contribution in [2.24, 2.45) is 23.2 Å². The fourth-order valence-corrected chi connectivity index (χ4v) is 5.56. The average Bonchev–Trinajstić information content (AvgIpc) is 3.20. The van der Waals surface area contributed by atoms with E-state index in [2.05, 4.69) is 43.3 Å². The molecular weight excluding hydrogens is 276 g/mol. The molecule has 0 aliphatic heterocycles. The summed E-state index contributed by atoms with van der Waals surface area (Å²) in [5, 5.41) is 0. The summed E-state index contributed by atoms with van der Waals surface area (Å²) in [5.41, 5.74) is 3.79. The summed E-state index contributed by atoms with van der Waals surface area (Å²) in [6.07, 6.45) is 17.7. The third-order valence-electron chi connectivity index (χ3n) is 7.17. The normalized spacial score (nSPS) is 30.7. The molecule has 1 spiro atoms. The largest absolute Gasteiger partial charge is 0.0693 e. The maximum absolute atomic E-state index is 2.42. The van der Waals surface area contributed by atoms with E-state index < -0.39 is 0 Å². The Bertz CT molecular complexity index is 537. The van der Waals surface area contributed by atoms with E-state index in [4.69, 9.17) is 0 Å². The highest BCUT2D eigenvalue weighted by molar-refractivity contribution is 5.53. The molecule has 2 unspecified atom stereocenters. The van der Waals surface area contributed by atoms with Crippen molar-refractivity contribution >= 4 is 6.08 Å². The van der Waals surface area contributed by atoms with E-state index >= 15 is 0 Å². The maximum Gasteiger partial charge on any atom is -0.0171 e. The van der Waals surface area contributed by atoms with Crippen LogP contribution < -0.4 is 0 Å². The minimum Gasteiger partial charge on any atom is -0.0693 e. The molecule has 2 atom stereocenters. The first-order valence-electron chi connectivity index (χ1n) is 9.97. The van der Waals surface area contributed by atoms with Gasteiger partial charge in [0.05, 0.1) is 0 Å². The lowest BCUT2D eigenvalue weighted by molar-refractivity contribution is 0.147. The molecule has 0 nitrogen and oxygen atoms in total. The molecule has 4 rings (SSSR count). The molecule has 3 aliphatic rings. The molecule has 0 saturated heterocycles. The monoisotopic (exact) mass is 308 g/mol. The Morgan fingerprint density at radius 3 is 2.43 bits per heavy atom. The summed E-state index contributed by atoms with van der Waals surface area (Å²) in [5.74, 6) is 2.93. The molecule has 0 aromatic heterocycles. The SMILES string of the molecule is C/C(=C\c1ccccc1)C1CC1CC1CCC2(CCCC2)CC1. The molecule has 3 saturated carbocycles. The molecule has 3 fully saturated rings. The van der Waals surface area contributed by atoms with E-state index in [0.717, 1.165) is 23.2 Å². The van der Waals surface area contributed by atoms with Crippen LogP contribution in [0.1, 0.15) is 76.7 Å². The van der Waals surface area contributed by atoms with Crippen LogP contribution in [0.25, 0.3) is 6.08 Å². The smallest absolute Gasteiger partial charge is 0.0171 e. The Labute approximate surface area is 142 Å². The summed E-state index contributed by atoms with van der Waals surface area (Å²) in [6.45, 7) is 2.35. The van der Waals surface area contributed by atoms with Crippen molar-refractivity contribution < 1.29 is 0 Å². The van der Waals surface area contributed by atoms with Gasteiger partial charge in [-0.1, -0.05) is 54.8 Å². The molecule has 0 radical (unpaired) electrons. The van der Waals surface area contributed by atoms with Gasteiger partial charge in [0, 0.05) is 0 Å². The first kappa shape index (κ1) is 15.5. The van der Waals surface area contributed by atoms with Crippen LogP contribution in [-0.2, 0) is 0 Å². The number of benzene rings is 1. The molecule has 0 heteroatoms. The van der Waals surface area contributed by atoms with Crippen LogP contribution in [0.3, 0.4) is 0 Å². The van der Waals surface area contributed by atoms with Crippen LogP contribution in [0.15, 0.2) is 35.9 Å². The Hall–Kier alpha value is -1.04. The molecule has 0 amide bonds. The molecule has 1 aromatic rings. The van der Waals surface area contributed by atoms with E-state index in [1.54, 1.807) is 31.3 Å². The number of rotatable bonds is 4. The van der Waals surface area contributed by atoms with Gasteiger partial charge in [0.15, 0.2) is 0 Å². The Morgan fingerprint density at radius 2 is 1.74 bits per heavy atom. The van der Waals surface area contributed by atoms with Crippen LogP contribution >= 0.6 is 0 Å². The number of hydrogen-bond acceptors (Lipinski definition) is 0. The highest BCUT2D eigenvalue weighted by Gasteiger charge is 2.42. The van der Waals surface area contributed by atoms with Crippen molar-refractivity contribution in [3.63, 3.8) is 0 Å². The predicted octanol–water partition coefficient (Wildman–Crippen LogP) is 6.87. The molecule has 23 heavy (non-hydrogen) atoms. The van der Waals surface area contributed by atoms with Crippen molar-refractivity contribution in [3.8, 4) is 0 Å². The van der Waals surface area contributed by atoms with Gasteiger partial charge in [-0.05, 0) is 87.0 Å². The third kappa shape index (κ3) is 3.57. The summed E-state index contributed by atoms with van der Waals surface area (Å²) in [7, 11) is 0. The predicted molar refractivity (Wildman–Crippen MR) is 99.2 cm³/mol. The second-order valence-electron chi connectivity index (χ2n) is 8.79. The second kappa shape index (κ2) is 6.46. The van der Waals surface area contributed by atoms with Gasteiger partial charge >= 0.3 is 0 Å². The van der Waals surface area contributed by atoms with Crippen molar-refractivity contribution in [2.75, 3.05) is 0 Å². The van der Waals surface area contributed by atoms with Gasteiger partial charge in [0.1, 0.15) is 0 Å². The zero-order valence-corrected chi connectivity index (χ0v) is 14.8. The molecule has 0 heterocycles. The fourth-order valence-electron chi connectivity index (χ4n) is 5.56. The van der Waals surface area contributed by atoms with Gasteiger partial charge < -0.3 is 0 Å². The maximum atomic E-state index is 2.42. The van der Waals surface area contributed by atoms with Crippen LogP contribution in [0.2, 0.25) is 0 Å². The highest BCUT2D eigenvalue weighted by Crippen LogP contribution is 2.54. The minimum absolute atomic E-state index is 0.808. The second-order valence-corrected chi connectivity index (χ2v) is 8.79. The van der Waals surface area contributed by atoms with Crippen LogP contribution in [0.4, 0.5) is 0 Å². The summed E-state index contributed by atoms with van der Waals surface area (Å²) < 4.78 is 0. The van der Waals surface area contributed by atoms with Gasteiger partial charge in [0.25, 0.3) is 0 Å². The minimum atomic E-state index is 0.808. The number of hydrogen-bond donors (Lipinski definition) is 0.